The number of thiazole rings is 1. The molecular formula is C20H27IN4O3S2. The third kappa shape index (κ3) is 7.47. The minimum Gasteiger partial charge on any atom is -0.356 e. The maximum absolute atomic E-state index is 12.4. The summed E-state index contributed by atoms with van der Waals surface area (Å²) >= 11 is 3.29. The Morgan fingerprint density at radius 3 is 2.60 bits per heavy atom. The van der Waals surface area contributed by atoms with Crippen molar-refractivity contribution < 1.29 is 13.2 Å². The molecule has 1 aromatic carbocycles. The molecule has 3 rings (SSSR count). The van der Waals surface area contributed by atoms with E-state index in [-0.39, 0.29) is 22.4 Å². The Kier molecular flexibility index (Phi) is 8.90. The van der Waals surface area contributed by atoms with Gasteiger partial charge in [-0.2, -0.15) is 0 Å². The Bertz CT molecular complexity index is 926. The Labute approximate surface area is 195 Å². The van der Waals surface area contributed by atoms with E-state index in [2.05, 4.69) is 42.9 Å². The number of nitrogens with one attached hydrogen (secondary N) is 3. The zero-order valence-electron chi connectivity index (χ0n) is 16.7. The lowest BCUT2D eigenvalue weighted by Crippen LogP contribution is -2.34. The molecule has 1 amide bonds. The molecule has 0 spiro atoms. The molecule has 0 atom stereocenters. The van der Waals surface area contributed by atoms with Crippen LogP contribution >= 0.6 is 33.9 Å². The number of halogens is 1. The molecule has 1 aliphatic carbocycles. The van der Waals surface area contributed by atoms with Crippen LogP contribution in [0.3, 0.4) is 0 Å². The van der Waals surface area contributed by atoms with Gasteiger partial charge >= 0.3 is 0 Å². The summed E-state index contributed by atoms with van der Waals surface area (Å²) in [5, 5.41) is 8.42. The van der Waals surface area contributed by atoms with E-state index in [1.54, 1.807) is 29.6 Å². The Hall–Kier alpha value is -1.24. The summed E-state index contributed by atoms with van der Waals surface area (Å²) in [6, 6.07) is 7.20. The Balaban J connectivity index is 1.39. The minimum atomic E-state index is -3.69. The molecule has 1 aliphatic rings. The molecular weight excluding hydrogens is 535 g/mol. The summed E-state index contributed by atoms with van der Waals surface area (Å²) in [4.78, 5) is 16.5. The summed E-state index contributed by atoms with van der Waals surface area (Å²) < 4.78 is 28.3. The van der Waals surface area contributed by atoms with Crippen molar-refractivity contribution in [2.45, 2.75) is 55.9 Å². The van der Waals surface area contributed by atoms with Gasteiger partial charge in [-0.05, 0) is 72.7 Å². The number of hydrogen-bond donors (Lipinski definition) is 3. The summed E-state index contributed by atoms with van der Waals surface area (Å²) in [6.07, 6.45) is 7.51. The zero-order valence-corrected chi connectivity index (χ0v) is 20.5. The molecule has 1 heterocycles. The van der Waals surface area contributed by atoms with Crippen molar-refractivity contribution in [2.24, 2.45) is 0 Å². The van der Waals surface area contributed by atoms with Gasteiger partial charge in [-0.1, -0.05) is 19.3 Å². The highest BCUT2D eigenvalue weighted by atomic mass is 127. The Morgan fingerprint density at radius 1 is 1.13 bits per heavy atom. The van der Waals surface area contributed by atoms with Gasteiger partial charge in [0.15, 0.2) is 5.13 Å². The maximum atomic E-state index is 12.4. The minimum absolute atomic E-state index is 0.106. The van der Waals surface area contributed by atoms with E-state index in [0.717, 1.165) is 16.5 Å². The molecule has 1 saturated carbocycles. The molecule has 0 unspecified atom stereocenters. The normalized spacial score (nSPS) is 15.1. The van der Waals surface area contributed by atoms with Gasteiger partial charge in [0.2, 0.25) is 5.91 Å². The first-order valence-electron chi connectivity index (χ1n) is 10.2. The lowest BCUT2D eigenvalue weighted by molar-refractivity contribution is -0.120. The van der Waals surface area contributed by atoms with Gasteiger partial charge in [-0.15, -0.1) is 11.3 Å². The van der Waals surface area contributed by atoms with E-state index < -0.39 is 10.0 Å². The van der Waals surface area contributed by atoms with E-state index in [1.807, 2.05) is 0 Å². The van der Waals surface area contributed by atoms with E-state index in [9.17, 15) is 13.2 Å². The molecule has 1 fully saturated rings. The quantitative estimate of drug-likeness (QED) is 0.304. The third-order valence-electron chi connectivity index (χ3n) is 4.95. The fourth-order valence-corrected chi connectivity index (χ4v) is 5.70. The summed E-state index contributed by atoms with van der Waals surface area (Å²) in [5.41, 5.74) is 0.554. The second kappa shape index (κ2) is 11.4. The van der Waals surface area contributed by atoms with Gasteiger partial charge in [0, 0.05) is 21.5 Å². The topological polar surface area (TPSA) is 100 Å². The van der Waals surface area contributed by atoms with Crippen molar-refractivity contribution in [3.63, 3.8) is 0 Å². The smallest absolute Gasteiger partial charge is 0.263 e. The van der Waals surface area contributed by atoms with Gasteiger partial charge in [0.1, 0.15) is 0 Å². The highest BCUT2D eigenvalue weighted by molar-refractivity contribution is 14.1. The third-order valence-corrected chi connectivity index (χ3v) is 7.96. The monoisotopic (exact) mass is 562 g/mol. The average Bonchev–Trinajstić information content (AvgIpc) is 3.14. The first-order chi connectivity index (χ1) is 14.4. The fourth-order valence-electron chi connectivity index (χ4n) is 3.38. The molecule has 7 nitrogen and oxygen atoms in total. The van der Waals surface area contributed by atoms with Crippen molar-refractivity contribution >= 4 is 55.0 Å². The van der Waals surface area contributed by atoms with Crippen molar-refractivity contribution in [3.8, 4) is 0 Å². The number of rotatable bonds is 10. The number of benzene rings is 1. The molecule has 2 aromatic rings. The maximum Gasteiger partial charge on any atom is 0.263 e. The van der Waals surface area contributed by atoms with Gasteiger partial charge in [0.25, 0.3) is 10.0 Å². The van der Waals surface area contributed by atoms with Crippen LogP contribution in [-0.2, 0) is 21.2 Å². The predicted octanol–water partition coefficient (Wildman–Crippen LogP) is 3.52. The summed E-state index contributed by atoms with van der Waals surface area (Å²) in [6.45, 7) is 1.53. The average molecular weight is 562 g/mol. The molecule has 1 aromatic heterocycles. The van der Waals surface area contributed by atoms with Crippen molar-refractivity contribution in [3.05, 3.63) is 38.9 Å². The number of carbonyl (C=O) groups is 1. The van der Waals surface area contributed by atoms with Crippen LogP contribution in [0.25, 0.3) is 0 Å². The van der Waals surface area contributed by atoms with Crippen LogP contribution < -0.4 is 15.4 Å². The first kappa shape index (κ1) is 23.4. The fraction of sp³-hybridized carbons (Fsp3) is 0.500. The van der Waals surface area contributed by atoms with E-state index in [1.165, 1.54) is 43.4 Å². The number of amides is 1. The zero-order chi connectivity index (χ0) is 21.4. The highest BCUT2D eigenvalue weighted by Crippen LogP contribution is 2.21. The lowest BCUT2D eigenvalue weighted by Gasteiger charge is -2.22. The van der Waals surface area contributed by atoms with Crippen LogP contribution in [0.1, 0.15) is 44.2 Å². The predicted molar refractivity (Wildman–Crippen MR) is 128 cm³/mol. The van der Waals surface area contributed by atoms with Crippen LogP contribution in [0.2, 0.25) is 0 Å². The molecule has 0 saturated heterocycles. The van der Waals surface area contributed by atoms with Gasteiger partial charge < -0.3 is 10.6 Å². The van der Waals surface area contributed by atoms with Crippen LogP contribution in [0.4, 0.5) is 5.13 Å². The standard InChI is InChI=1S/C20H27IN4O3S2/c21-15-7-9-18(10-8-15)30(27,28)25-20-24-17(14-29-20)13-19(26)23-12-4-11-22-16-5-2-1-3-6-16/h7-10,14,16,22H,1-6,11-13H2,(H,23,26)(H,24,25). The SMILES string of the molecule is O=C(Cc1csc(NS(=O)(=O)c2ccc(I)cc2)n1)NCCCNC1CCCCC1. The van der Waals surface area contributed by atoms with Crippen molar-refractivity contribution in [1.29, 1.82) is 0 Å². The van der Waals surface area contributed by atoms with Gasteiger partial charge in [0.05, 0.1) is 17.0 Å². The molecule has 10 heteroatoms. The van der Waals surface area contributed by atoms with Crippen LogP contribution in [-0.4, -0.2) is 38.4 Å². The highest BCUT2D eigenvalue weighted by Gasteiger charge is 2.17. The number of sulfonamides is 1. The number of carbonyl (C=O) groups excluding carboxylic acids is 1. The lowest BCUT2D eigenvalue weighted by atomic mass is 9.95. The molecule has 0 bridgehead atoms. The number of aromatic nitrogens is 1. The number of nitrogens with zero attached hydrogens (tertiary/aromatic N) is 1. The van der Waals surface area contributed by atoms with Gasteiger partial charge in [-0.25, -0.2) is 13.4 Å². The van der Waals surface area contributed by atoms with Crippen LogP contribution in [0, 0.1) is 3.57 Å². The van der Waals surface area contributed by atoms with Crippen LogP contribution in [0.15, 0.2) is 34.5 Å². The molecule has 164 valence electrons. The molecule has 30 heavy (non-hydrogen) atoms. The molecule has 0 radical (unpaired) electrons. The van der Waals surface area contributed by atoms with Crippen molar-refractivity contribution in [1.82, 2.24) is 15.6 Å². The van der Waals surface area contributed by atoms with Crippen molar-refractivity contribution in [2.75, 3.05) is 17.8 Å². The largest absolute Gasteiger partial charge is 0.356 e. The molecule has 0 aliphatic heterocycles. The summed E-state index contributed by atoms with van der Waals surface area (Å²) in [7, 11) is -3.69. The van der Waals surface area contributed by atoms with Gasteiger partial charge in [-0.3, -0.25) is 9.52 Å². The first-order valence-corrected chi connectivity index (χ1v) is 13.6. The second-order valence-corrected chi connectivity index (χ2v) is 11.2. The van der Waals surface area contributed by atoms with E-state index >= 15 is 0 Å². The Morgan fingerprint density at radius 2 is 1.87 bits per heavy atom. The number of hydrogen-bond acceptors (Lipinski definition) is 6. The number of anilines is 1. The second-order valence-electron chi connectivity index (χ2n) is 7.37. The molecule has 3 N–H and O–H groups in total. The van der Waals surface area contributed by atoms with E-state index in [0.29, 0.717) is 18.3 Å². The van der Waals surface area contributed by atoms with E-state index in [4.69, 9.17) is 0 Å². The summed E-state index contributed by atoms with van der Waals surface area (Å²) in [5.74, 6) is -0.106. The van der Waals surface area contributed by atoms with Crippen LogP contribution in [0.5, 0.6) is 0 Å².